The highest BCUT2D eigenvalue weighted by atomic mass is 35.5. The third-order valence-corrected chi connectivity index (χ3v) is 5.30. The van der Waals surface area contributed by atoms with E-state index in [9.17, 15) is 13.2 Å². The summed E-state index contributed by atoms with van der Waals surface area (Å²) >= 11 is 0. The first-order valence-electron chi connectivity index (χ1n) is 7.86. The Hall–Kier alpha value is -1.53. The largest absolute Gasteiger partial charge is 0.317 e. The van der Waals surface area contributed by atoms with Crippen LogP contribution in [-0.4, -0.2) is 28.8 Å². The molecule has 2 aliphatic rings. The smallest absolute Gasteiger partial charge is 0.263 e. The molecule has 2 aromatic rings. The molecule has 1 saturated heterocycles. The molecular formula is C17H19ClF3N3. The molecule has 0 bridgehead atoms. The van der Waals surface area contributed by atoms with Gasteiger partial charge in [-0.3, -0.25) is 0 Å². The zero-order valence-electron chi connectivity index (χ0n) is 13.2. The average Bonchev–Trinajstić information content (AvgIpc) is 2.84. The molecule has 1 unspecified atom stereocenters. The summed E-state index contributed by atoms with van der Waals surface area (Å²) in [5, 5.41) is 7.51. The molecular weight excluding hydrogens is 339 g/mol. The van der Waals surface area contributed by atoms with Gasteiger partial charge in [0.25, 0.3) is 5.92 Å². The van der Waals surface area contributed by atoms with Gasteiger partial charge in [-0.2, -0.15) is 5.10 Å². The maximum atomic E-state index is 14.4. The van der Waals surface area contributed by atoms with Crippen LogP contribution in [-0.2, 0) is 0 Å². The highest BCUT2D eigenvalue weighted by Crippen LogP contribution is 2.74. The highest BCUT2D eigenvalue weighted by Gasteiger charge is 2.80. The van der Waals surface area contributed by atoms with Gasteiger partial charge in [-0.05, 0) is 62.7 Å². The summed E-state index contributed by atoms with van der Waals surface area (Å²) in [6.07, 6.45) is 2.64. The van der Waals surface area contributed by atoms with Crippen LogP contribution in [0.25, 0.3) is 5.69 Å². The van der Waals surface area contributed by atoms with Crippen molar-refractivity contribution in [3.8, 4) is 5.69 Å². The first kappa shape index (κ1) is 17.3. The monoisotopic (exact) mass is 357 g/mol. The molecule has 7 heteroatoms. The van der Waals surface area contributed by atoms with E-state index in [0.717, 1.165) is 5.56 Å². The maximum absolute atomic E-state index is 14.4. The van der Waals surface area contributed by atoms with E-state index in [4.69, 9.17) is 0 Å². The van der Waals surface area contributed by atoms with Gasteiger partial charge in [-0.15, -0.1) is 12.4 Å². The van der Waals surface area contributed by atoms with Crippen molar-refractivity contribution in [3.05, 3.63) is 47.5 Å². The van der Waals surface area contributed by atoms with Crippen molar-refractivity contribution in [1.29, 1.82) is 0 Å². The summed E-state index contributed by atoms with van der Waals surface area (Å²) in [7, 11) is 0. The molecule has 3 nitrogen and oxygen atoms in total. The van der Waals surface area contributed by atoms with Gasteiger partial charge in [0.15, 0.2) is 0 Å². The van der Waals surface area contributed by atoms with Crippen molar-refractivity contribution in [3.63, 3.8) is 0 Å². The Bertz CT molecular complexity index is 753. The number of nitrogens with zero attached hydrogens (tertiary/aromatic N) is 2. The van der Waals surface area contributed by atoms with Crippen molar-refractivity contribution < 1.29 is 13.2 Å². The molecule has 130 valence electrons. The fraction of sp³-hybridized carbons (Fsp3) is 0.471. The van der Waals surface area contributed by atoms with Crippen molar-refractivity contribution in [1.82, 2.24) is 15.1 Å². The molecule has 1 aliphatic carbocycles. The minimum absolute atomic E-state index is 0. The van der Waals surface area contributed by atoms with Crippen LogP contribution in [0.5, 0.6) is 0 Å². The second kappa shape index (κ2) is 5.77. The van der Waals surface area contributed by atoms with E-state index < -0.39 is 17.3 Å². The second-order valence-electron chi connectivity index (χ2n) is 6.58. The van der Waals surface area contributed by atoms with E-state index in [0.29, 0.717) is 37.3 Å². The molecule has 1 aromatic carbocycles. The number of piperidine rings is 1. The number of aryl methyl sites for hydroxylation is 1. The number of nitrogens with one attached hydrogen (secondary N) is 1. The zero-order valence-corrected chi connectivity index (χ0v) is 14.0. The minimum atomic E-state index is -2.69. The lowest BCUT2D eigenvalue weighted by Gasteiger charge is -2.22. The number of rotatable bonds is 2. The second-order valence-corrected chi connectivity index (χ2v) is 6.58. The van der Waals surface area contributed by atoms with E-state index in [-0.39, 0.29) is 18.2 Å². The lowest BCUT2D eigenvalue weighted by atomic mass is 9.91. The van der Waals surface area contributed by atoms with E-state index >= 15 is 0 Å². The Morgan fingerprint density at radius 2 is 1.92 bits per heavy atom. The van der Waals surface area contributed by atoms with Crippen LogP contribution in [0, 0.1) is 18.2 Å². The van der Waals surface area contributed by atoms with Gasteiger partial charge in [0.1, 0.15) is 5.82 Å². The molecule has 2 fully saturated rings. The summed E-state index contributed by atoms with van der Waals surface area (Å²) in [6, 6.07) is 6.05. The Labute approximate surface area is 144 Å². The molecule has 1 N–H and O–H groups in total. The Kier molecular flexibility index (Phi) is 4.16. The SMILES string of the molecule is Cc1cc(F)ccc1-n1ccc(C2C(F)(F)C23CCNCC3)n1.Cl. The summed E-state index contributed by atoms with van der Waals surface area (Å²) in [5.74, 6) is -3.81. The van der Waals surface area contributed by atoms with Crippen molar-refractivity contribution >= 4 is 12.4 Å². The van der Waals surface area contributed by atoms with Gasteiger partial charge in [0.05, 0.1) is 22.7 Å². The lowest BCUT2D eigenvalue weighted by Crippen LogP contribution is -2.32. The predicted octanol–water partition coefficient (Wildman–Crippen LogP) is 3.84. The van der Waals surface area contributed by atoms with E-state index in [2.05, 4.69) is 10.4 Å². The summed E-state index contributed by atoms with van der Waals surface area (Å²) in [5.41, 5.74) is 0.926. The molecule has 1 spiro atoms. The molecule has 1 atom stereocenters. The third-order valence-electron chi connectivity index (χ3n) is 5.30. The predicted molar refractivity (Wildman–Crippen MR) is 87.7 cm³/mol. The Morgan fingerprint density at radius 3 is 2.58 bits per heavy atom. The van der Waals surface area contributed by atoms with Crippen LogP contribution in [0.4, 0.5) is 13.2 Å². The minimum Gasteiger partial charge on any atom is -0.317 e. The van der Waals surface area contributed by atoms with E-state index in [1.165, 1.54) is 12.1 Å². The van der Waals surface area contributed by atoms with Crippen LogP contribution in [0.1, 0.15) is 30.0 Å². The highest BCUT2D eigenvalue weighted by molar-refractivity contribution is 5.85. The summed E-state index contributed by atoms with van der Waals surface area (Å²) < 4.78 is 43.7. The fourth-order valence-corrected chi connectivity index (χ4v) is 3.97. The summed E-state index contributed by atoms with van der Waals surface area (Å²) in [4.78, 5) is 0. The molecule has 4 rings (SSSR count). The molecule has 1 saturated carbocycles. The van der Waals surface area contributed by atoms with Crippen LogP contribution < -0.4 is 5.32 Å². The number of aromatic nitrogens is 2. The molecule has 24 heavy (non-hydrogen) atoms. The van der Waals surface area contributed by atoms with Gasteiger partial charge in [-0.25, -0.2) is 17.9 Å². The van der Waals surface area contributed by atoms with Crippen LogP contribution in [0.2, 0.25) is 0 Å². The topological polar surface area (TPSA) is 29.9 Å². The van der Waals surface area contributed by atoms with Crippen molar-refractivity contribution in [2.45, 2.75) is 31.6 Å². The van der Waals surface area contributed by atoms with Crippen LogP contribution in [0.3, 0.4) is 0 Å². The molecule has 0 amide bonds. The Balaban J connectivity index is 0.00000169. The third kappa shape index (κ3) is 2.35. The van der Waals surface area contributed by atoms with Crippen molar-refractivity contribution in [2.75, 3.05) is 13.1 Å². The normalized spacial score (nSPS) is 23.8. The van der Waals surface area contributed by atoms with Gasteiger partial charge < -0.3 is 5.32 Å². The number of benzene rings is 1. The maximum Gasteiger partial charge on any atom is 0.263 e. The number of hydrogen-bond acceptors (Lipinski definition) is 2. The molecule has 1 aliphatic heterocycles. The molecule has 1 aromatic heterocycles. The van der Waals surface area contributed by atoms with Crippen molar-refractivity contribution in [2.24, 2.45) is 5.41 Å². The van der Waals surface area contributed by atoms with Gasteiger partial charge in [0.2, 0.25) is 0 Å². The number of hydrogen-bond donors (Lipinski definition) is 1. The van der Waals surface area contributed by atoms with E-state index in [1.54, 1.807) is 29.9 Å². The first-order valence-corrected chi connectivity index (χ1v) is 7.86. The van der Waals surface area contributed by atoms with Gasteiger partial charge in [0, 0.05) is 6.20 Å². The van der Waals surface area contributed by atoms with Crippen LogP contribution >= 0.6 is 12.4 Å². The van der Waals surface area contributed by atoms with E-state index in [1.807, 2.05) is 0 Å². The lowest BCUT2D eigenvalue weighted by molar-refractivity contribution is 0.0492. The standard InChI is InChI=1S/C17H18F3N3.ClH/c1-11-10-12(18)2-3-14(11)23-9-4-13(22-23)15-16(17(15,19)20)5-7-21-8-6-16;/h2-4,9-10,15,21H,5-8H2,1H3;1H. The van der Waals surface area contributed by atoms with Crippen LogP contribution in [0.15, 0.2) is 30.5 Å². The quantitative estimate of drug-likeness (QED) is 0.885. The van der Waals surface area contributed by atoms with Gasteiger partial charge in [-0.1, -0.05) is 0 Å². The Morgan fingerprint density at radius 1 is 1.21 bits per heavy atom. The molecule has 0 radical (unpaired) electrons. The first-order chi connectivity index (χ1) is 11.0. The zero-order chi connectivity index (χ0) is 16.2. The number of halogens is 4. The number of alkyl halides is 2. The fourth-order valence-electron chi connectivity index (χ4n) is 3.97. The molecule has 2 heterocycles. The van der Waals surface area contributed by atoms with Gasteiger partial charge >= 0.3 is 0 Å². The summed E-state index contributed by atoms with van der Waals surface area (Å²) in [6.45, 7) is 3.04. The average molecular weight is 358 g/mol.